The van der Waals surface area contributed by atoms with Crippen LogP contribution in [-0.2, 0) is 4.74 Å². The number of morpholine rings is 1. The SMILES string of the molecule is CC1(C)CN(C(=O)c2nnc3ccccc3n2)[C@@H]2CCC[C@H]2O1. The molecule has 2 fully saturated rings. The van der Waals surface area contributed by atoms with E-state index in [4.69, 9.17) is 4.74 Å². The molecule has 1 aliphatic heterocycles. The molecule has 2 atom stereocenters. The zero-order valence-corrected chi connectivity index (χ0v) is 13.4. The Morgan fingerprint density at radius 3 is 2.83 bits per heavy atom. The van der Waals surface area contributed by atoms with Gasteiger partial charge in [-0.3, -0.25) is 4.79 Å². The molecule has 4 rings (SSSR count). The number of hydrogen-bond acceptors (Lipinski definition) is 5. The van der Waals surface area contributed by atoms with Crippen molar-refractivity contribution in [2.24, 2.45) is 0 Å². The molecule has 120 valence electrons. The maximum absolute atomic E-state index is 13.0. The molecule has 0 bridgehead atoms. The normalized spacial score (nSPS) is 26.3. The minimum atomic E-state index is -0.342. The Labute approximate surface area is 134 Å². The number of carbonyl (C=O) groups excluding carboxylic acids is 1. The third-order valence-corrected chi connectivity index (χ3v) is 4.65. The predicted molar refractivity (Wildman–Crippen MR) is 85.0 cm³/mol. The fourth-order valence-corrected chi connectivity index (χ4v) is 3.70. The third-order valence-electron chi connectivity index (χ3n) is 4.65. The minimum Gasteiger partial charge on any atom is -0.368 e. The molecule has 0 spiro atoms. The molecule has 23 heavy (non-hydrogen) atoms. The average molecular weight is 312 g/mol. The summed E-state index contributed by atoms with van der Waals surface area (Å²) in [4.78, 5) is 19.3. The second-order valence-electron chi connectivity index (χ2n) is 6.97. The zero-order chi connectivity index (χ0) is 16.0. The molecular formula is C17H20N4O2. The molecule has 0 radical (unpaired) electrons. The molecule has 2 aliphatic rings. The molecule has 0 unspecified atom stereocenters. The van der Waals surface area contributed by atoms with Crippen LogP contribution in [0.4, 0.5) is 0 Å². The Hall–Kier alpha value is -2.08. The largest absolute Gasteiger partial charge is 0.368 e. The second-order valence-corrected chi connectivity index (χ2v) is 6.97. The number of para-hydroxylation sites is 1. The summed E-state index contributed by atoms with van der Waals surface area (Å²) in [7, 11) is 0. The molecule has 1 amide bonds. The van der Waals surface area contributed by atoms with Crippen LogP contribution < -0.4 is 0 Å². The summed E-state index contributed by atoms with van der Waals surface area (Å²) in [6.07, 6.45) is 3.20. The van der Waals surface area contributed by atoms with Gasteiger partial charge in [-0.15, -0.1) is 10.2 Å². The second kappa shape index (κ2) is 5.23. The number of hydrogen-bond donors (Lipinski definition) is 0. The topological polar surface area (TPSA) is 68.2 Å². The van der Waals surface area contributed by atoms with Crippen LogP contribution in [0.25, 0.3) is 11.0 Å². The summed E-state index contributed by atoms with van der Waals surface area (Å²) in [5, 5.41) is 8.18. The molecule has 6 nitrogen and oxygen atoms in total. The molecule has 1 aliphatic carbocycles. The molecule has 2 heterocycles. The van der Waals surface area contributed by atoms with Gasteiger partial charge in [0, 0.05) is 6.54 Å². The van der Waals surface area contributed by atoms with Crippen molar-refractivity contribution in [3.63, 3.8) is 0 Å². The van der Waals surface area contributed by atoms with Crippen molar-refractivity contribution in [3.8, 4) is 0 Å². The molecule has 1 saturated heterocycles. The number of amides is 1. The number of benzene rings is 1. The van der Waals surface area contributed by atoms with Crippen LogP contribution in [0.2, 0.25) is 0 Å². The van der Waals surface area contributed by atoms with Crippen LogP contribution in [0.1, 0.15) is 43.7 Å². The molecule has 0 N–H and O–H groups in total. The van der Waals surface area contributed by atoms with Gasteiger partial charge >= 0.3 is 0 Å². The number of rotatable bonds is 1. The number of nitrogens with zero attached hydrogens (tertiary/aromatic N) is 4. The van der Waals surface area contributed by atoms with Gasteiger partial charge in [-0.25, -0.2) is 4.98 Å². The maximum Gasteiger partial charge on any atom is 0.294 e. The number of fused-ring (bicyclic) bond motifs is 2. The molecule has 6 heteroatoms. The minimum absolute atomic E-state index is 0.121. The van der Waals surface area contributed by atoms with Gasteiger partial charge < -0.3 is 9.64 Å². The fraction of sp³-hybridized carbons (Fsp3) is 0.529. The summed E-state index contributed by atoms with van der Waals surface area (Å²) in [6, 6.07) is 7.59. The van der Waals surface area contributed by atoms with E-state index in [9.17, 15) is 4.79 Å². The number of ether oxygens (including phenoxy) is 1. The van der Waals surface area contributed by atoms with E-state index in [0.29, 0.717) is 17.6 Å². The van der Waals surface area contributed by atoms with Crippen LogP contribution >= 0.6 is 0 Å². The van der Waals surface area contributed by atoms with E-state index in [0.717, 1.165) is 19.3 Å². The molecule has 1 aromatic heterocycles. The third kappa shape index (κ3) is 2.57. The predicted octanol–water partition coefficient (Wildman–Crippen LogP) is 2.20. The lowest BCUT2D eigenvalue weighted by molar-refractivity contribution is -0.142. The van der Waals surface area contributed by atoms with Crippen molar-refractivity contribution in [2.45, 2.75) is 50.9 Å². The quantitative estimate of drug-likeness (QED) is 0.807. The standard InChI is InChI=1S/C17H20N4O2/c1-17(2)10-21(13-8-5-9-14(13)23-17)16(22)15-18-11-6-3-4-7-12(11)19-20-15/h3-4,6-7,13-14H,5,8-10H2,1-2H3/t13-,14-/m1/s1. The van der Waals surface area contributed by atoms with Gasteiger partial charge in [-0.2, -0.15) is 0 Å². The van der Waals surface area contributed by atoms with Gasteiger partial charge in [0.25, 0.3) is 5.91 Å². The van der Waals surface area contributed by atoms with E-state index in [1.54, 1.807) is 0 Å². The summed E-state index contributed by atoms with van der Waals surface area (Å²) >= 11 is 0. The van der Waals surface area contributed by atoms with E-state index in [2.05, 4.69) is 15.2 Å². The average Bonchev–Trinajstić information content (AvgIpc) is 2.99. The van der Waals surface area contributed by atoms with Crippen LogP contribution in [0, 0.1) is 0 Å². The highest BCUT2D eigenvalue weighted by atomic mass is 16.5. The highest BCUT2D eigenvalue weighted by Gasteiger charge is 2.45. The van der Waals surface area contributed by atoms with E-state index in [1.165, 1.54) is 0 Å². The van der Waals surface area contributed by atoms with E-state index >= 15 is 0 Å². The Kier molecular flexibility index (Phi) is 3.30. The van der Waals surface area contributed by atoms with Crippen molar-refractivity contribution < 1.29 is 9.53 Å². The monoisotopic (exact) mass is 312 g/mol. The van der Waals surface area contributed by atoms with Gasteiger partial charge in [-0.05, 0) is 45.2 Å². The van der Waals surface area contributed by atoms with Crippen LogP contribution in [0.5, 0.6) is 0 Å². The molecule has 1 saturated carbocycles. The summed E-state index contributed by atoms with van der Waals surface area (Å²) in [5.74, 6) is 0.0311. The van der Waals surface area contributed by atoms with Crippen molar-refractivity contribution in [1.29, 1.82) is 0 Å². The Bertz CT molecular complexity index is 761. The lowest BCUT2D eigenvalue weighted by atomic mass is 10.0. The highest BCUT2D eigenvalue weighted by molar-refractivity contribution is 5.92. The summed E-state index contributed by atoms with van der Waals surface area (Å²) in [5.41, 5.74) is 1.05. The first kappa shape index (κ1) is 14.5. The first-order valence-electron chi connectivity index (χ1n) is 8.12. The first-order chi connectivity index (χ1) is 11.0. The van der Waals surface area contributed by atoms with E-state index in [1.807, 2.05) is 43.0 Å². The molecule has 1 aromatic carbocycles. The lowest BCUT2D eigenvalue weighted by Crippen LogP contribution is -2.58. The van der Waals surface area contributed by atoms with Gasteiger partial charge in [0.05, 0.1) is 23.3 Å². The van der Waals surface area contributed by atoms with Gasteiger partial charge in [0.2, 0.25) is 5.82 Å². The first-order valence-corrected chi connectivity index (χ1v) is 8.12. The smallest absolute Gasteiger partial charge is 0.294 e. The number of aromatic nitrogens is 3. The zero-order valence-electron chi connectivity index (χ0n) is 13.4. The van der Waals surface area contributed by atoms with Gasteiger partial charge in [-0.1, -0.05) is 12.1 Å². The Morgan fingerprint density at radius 2 is 2.00 bits per heavy atom. The molecule has 2 aromatic rings. The van der Waals surface area contributed by atoms with Crippen LogP contribution in [-0.4, -0.2) is 50.3 Å². The highest BCUT2D eigenvalue weighted by Crippen LogP contribution is 2.36. The van der Waals surface area contributed by atoms with Crippen molar-refractivity contribution in [1.82, 2.24) is 20.1 Å². The fourth-order valence-electron chi connectivity index (χ4n) is 3.70. The van der Waals surface area contributed by atoms with E-state index < -0.39 is 0 Å². The van der Waals surface area contributed by atoms with Crippen LogP contribution in [0.15, 0.2) is 24.3 Å². The lowest BCUT2D eigenvalue weighted by Gasteiger charge is -2.45. The van der Waals surface area contributed by atoms with E-state index in [-0.39, 0.29) is 29.5 Å². The Morgan fingerprint density at radius 1 is 1.22 bits per heavy atom. The number of carbonyl (C=O) groups is 1. The van der Waals surface area contributed by atoms with Gasteiger partial charge in [0.1, 0.15) is 5.52 Å². The Balaban J connectivity index is 1.68. The van der Waals surface area contributed by atoms with Crippen molar-refractivity contribution in [2.75, 3.05) is 6.54 Å². The van der Waals surface area contributed by atoms with Crippen molar-refractivity contribution >= 4 is 16.9 Å². The van der Waals surface area contributed by atoms with Gasteiger partial charge in [0.15, 0.2) is 0 Å². The van der Waals surface area contributed by atoms with Crippen molar-refractivity contribution in [3.05, 3.63) is 30.1 Å². The summed E-state index contributed by atoms with van der Waals surface area (Å²) < 4.78 is 6.13. The molecular weight excluding hydrogens is 292 g/mol. The van der Waals surface area contributed by atoms with Crippen LogP contribution in [0.3, 0.4) is 0 Å². The summed E-state index contributed by atoms with van der Waals surface area (Å²) in [6.45, 7) is 4.62. The maximum atomic E-state index is 13.0.